The summed E-state index contributed by atoms with van der Waals surface area (Å²) in [5.74, 6) is 0. The molecule has 0 bridgehead atoms. The summed E-state index contributed by atoms with van der Waals surface area (Å²) in [6.07, 6.45) is 1.73. The van der Waals surface area contributed by atoms with Gasteiger partial charge in [0.25, 0.3) is 0 Å². The van der Waals surface area contributed by atoms with Crippen molar-refractivity contribution in [1.29, 1.82) is 0 Å². The molecule has 2 N–H and O–H groups in total. The Kier molecular flexibility index (Phi) is 4.11. The lowest BCUT2D eigenvalue weighted by Crippen LogP contribution is -2.40. The van der Waals surface area contributed by atoms with Crippen molar-refractivity contribution < 1.29 is 8.42 Å². The van der Waals surface area contributed by atoms with E-state index < -0.39 is 10.0 Å². The van der Waals surface area contributed by atoms with Gasteiger partial charge in [-0.2, -0.15) is 4.31 Å². The highest BCUT2D eigenvalue weighted by Gasteiger charge is 2.35. The fraction of sp³-hybridized carbons (Fsp3) is 0.500. The molecule has 1 aliphatic rings. The molecule has 4 nitrogen and oxygen atoms in total. The first-order chi connectivity index (χ1) is 8.46. The zero-order valence-electron chi connectivity index (χ0n) is 10.3. The number of aryl methyl sites for hydroxylation is 1. The Morgan fingerprint density at radius 2 is 2.22 bits per heavy atom. The van der Waals surface area contributed by atoms with E-state index in [0.717, 1.165) is 22.9 Å². The van der Waals surface area contributed by atoms with Gasteiger partial charge in [-0.3, -0.25) is 0 Å². The monoisotopic (exact) mass is 332 g/mol. The van der Waals surface area contributed by atoms with Crippen molar-refractivity contribution >= 4 is 26.0 Å². The molecule has 0 radical (unpaired) electrons. The van der Waals surface area contributed by atoms with Gasteiger partial charge in [0.05, 0.1) is 4.90 Å². The van der Waals surface area contributed by atoms with Crippen LogP contribution in [-0.2, 0) is 10.0 Å². The molecule has 1 unspecified atom stereocenters. The molecule has 0 aliphatic carbocycles. The number of nitrogens with zero attached hydrogens (tertiary/aromatic N) is 1. The zero-order valence-corrected chi connectivity index (χ0v) is 12.7. The molecular weight excluding hydrogens is 316 g/mol. The maximum atomic E-state index is 12.6. The largest absolute Gasteiger partial charge is 0.329 e. The van der Waals surface area contributed by atoms with Crippen molar-refractivity contribution in [3.8, 4) is 0 Å². The SMILES string of the molecule is Cc1ccc(Br)cc1S(=O)(=O)N1CCCC1CN. The van der Waals surface area contributed by atoms with Gasteiger partial charge in [0.15, 0.2) is 0 Å². The number of rotatable bonds is 3. The van der Waals surface area contributed by atoms with Gasteiger partial charge in [-0.1, -0.05) is 22.0 Å². The summed E-state index contributed by atoms with van der Waals surface area (Å²) in [5, 5.41) is 0. The lowest BCUT2D eigenvalue weighted by Gasteiger charge is -2.23. The Morgan fingerprint density at radius 1 is 1.50 bits per heavy atom. The zero-order chi connectivity index (χ0) is 13.3. The van der Waals surface area contributed by atoms with E-state index in [9.17, 15) is 8.42 Å². The molecular formula is C12H17BrN2O2S. The molecule has 0 saturated carbocycles. The maximum Gasteiger partial charge on any atom is 0.243 e. The second-order valence-corrected chi connectivity index (χ2v) is 7.33. The van der Waals surface area contributed by atoms with Gasteiger partial charge < -0.3 is 5.73 Å². The van der Waals surface area contributed by atoms with Crippen LogP contribution < -0.4 is 5.73 Å². The first-order valence-electron chi connectivity index (χ1n) is 5.95. The van der Waals surface area contributed by atoms with E-state index in [2.05, 4.69) is 15.9 Å². The Bertz CT molecular complexity index is 545. The van der Waals surface area contributed by atoms with Crippen LogP contribution in [0.1, 0.15) is 18.4 Å². The Balaban J connectivity index is 2.45. The topological polar surface area (TPSA) is 63.4 Å². The van der Waals surface area contributed by atoms with Crippen LogP contribution >= 0.6 is 15.9 Å². The average Bonchev–Trinajstić information content (AvgIpc) is 2.81. The number of hydrogen-bond donors (Lipinski definition) is 1. The molecule has 0 amide bonds. The van der Waals surface area contributed by atoms with Crippen molar-refractivity contribution in [2.24, 2.45) is 5.73 Å². The highest BCUT2D eigenvalue weighted by Crippen LogP contribution is 2.29. The average molecular weight is 333 g/mol. The van der Waals surface area contributed by atoms with Crippen LogP contribution in [-0.4, -0.2) is 31.9 Å². The molecule has 18 heavy (non-hydrogen) atoms. The molecule has 1 heterocycles. The fourth-order valence-electron chi connectivity index (χ4n) is 2.34. The fourth-order valence-corrected chi connectivity index (χ4v) is 4.81. The highest BCUT2D eigenvalue weighted by atomic mass is 79.9. The highest BCUT2D eigenvalue weighted by molar-refractivity contribution is 9.10. The molecule has 0 spiro atoms. The Morgan fingerprint density at radius 3 is 2.89 bits per heavy atom. The lowest BCUT2D eigenvalue weighted by molar-refractivity contribution is 0.393. The summed E-state index contributed by atoms with van der Waals surface area (Å²) in [6, 6.07) is 5.26. The van der Waals surface area contributed by atoms with Crippen LogP contribution in [0.3, 0.4) is 0 Å². The lowest BCUT2D eigenvalue weighted by atomic mass is 10.2. The minimum Gasteiger partial charge on any atom is -0.329 e. The van der Waals surface area contributed by atoms with Crippen molar-refractivity contribution in [2.75, 3.05) is 13.1 Å². The van der Waals surface area contributed by atoms with Crippen molar-refractivity contribution in [2.45, 2.75) is 30.7 Å². The van der Waals surface area contributed by atoms with Crippen LogP contribution in [0.5, 0.6) is 0 Å². The van der Waals surface area contributed by atoms with Gasteiger partial charge >= 0.3 is 0 Å². The number of benzene rings is 1. The van der Waals surface area contributed by atoms with Crippen molar-refractivity contribution in [3.63, 3.8) is 0 Å². The van der Waals surface area contributed by atoms with Gasteiger partial charge in [-0.15, -0.1) is 0 Å². The summed E-state index contributed by atoms with van der Waals surface area (Å²) < 4.78 is 27.6. The number of sulfonamides is 1. The van der Waals surface area contributed by atoms with Gasteiger partial charge in [-0.25, -0.2) is 8.42 Å². The van der Waals surface area contributed by atoms with Crippen molar-refractivity contribution in [3.05, 3.63) is 28.2 Å². The first-order valence-corrected chi connectivity index (χ1v) is 8.18. The summed E-state index contributed by atoms with van der Waals surface area (Å²) in [4.78, 5) is 0.372. The Hall–Kier alpha value is -0.430. The van der Waals surface area contributed by atoms with Crippen LogP contribution in [0.4, 0.5) is 0 Å². The number of hydrogen-bond acceptors (Lipinski definition) is 3. The van der Waals surface area contributed by atoms with E-state index in [4.69, 9.17) is 5.73 Å². The normalized spacial score (nSPS) is 21.4. The maximum absolute atomic E-state index is 12.6. The quantitative estimate of drug-likeness (QED) is 0.918. The predicted molar refractivity (Wildman–Crippen MR) is 74.8 cm³/mol. The van der Waals surface area contributed by atoms with Crippen LogP contribution in [0.25, 0.3) is 0 Å². The summed E-state index contributed by atoms with van der Waals surface area (Å²) in [6.45, 7) is 2.76. The second-order valence-electron chi connectivity index (χ2n) is 4.56. The molecule has 0 aromatic heterocycles. The summed E-state index contributed by atoms with van der Waals surface area (Å²) >= 11 is 3.32. The Labute approximate surface area is 116 Å². The number of halogens is 1. The van der Waals surface area contributed by atoms with E-state index in [-0.39, 0.29) is 6.04 Å². The molecule has 100 valence electrons. The molecule has 1 aliphatic heterocycles. The first kappa shape index (κ1) is 14.0. The third kappa shape index (κ3) is 2.47. The van der Waals surface area contributed by atoms with Crippen LogP contribution in [0.15, 0.2) is 27.6 Å². The molecule has 1 saturated heterocycles. The van der Waals surface area contributed by atoms with Crippen molar-refractivity contribution in [1.82, 2.24) is 4.31 Å². The minimum atomic E-state index is -3.43. The van der Waals surface area contributed by atoms with E-state index in [1.54, 1.807) is 10.4 Å². The van der Waals surface area contributed by atoms with Gasteiger partial charge in [0.2, 0.25) is 10.0 Å². The van der Waals surface area contributed by atoms with E-state index in [0.29, 0.717) is 18.0 Å². The standard InChI is InChI=1S/C12H17BrN2O2S/c1-9-4-5-10(13)7-12(9)18(16,17)15-6-2-3-11(15)8-14/h4-5,7,11H,2-3,6,8,14H2,1H3. The summed E-state index contributed by atoms with van der Waals surface area (Å²) in [7, 11) is -3.43. The van der Waals surface area contributed by atoms with Gasteiger partial charge in [-0.05, 0) is 37.5 Å². The molecule has 1 aromatic carbocycles. The molecule has 1 atom stereocenters. The van der Waals surface area contributed by atoms with Gasteiger partial charge in [0, 0.05) is 23.6 Å². The molecule has 1 aromatic rings. The van der Waals surface area contributed by atoms with Gasteiger partial charge in [0.1, 0.15) is 0 Å². The smallest absolute Gasteiger partial charge is 0.243 e. The molecule has 2 rings (SSSR count). The summed E-state index contributed by atoms with van der Waals surface area (Å²) in [5.41, 5.74) is 6.42. The molecule has 1 fully saturated rings. The molecule has 6 heteroatoms. The third-order valence-electron chi connectivity index (χ3n) is 3.33. The minimum absolute atomic E-state index is 0.0617. The predicted octanol–water partition coefficient (Wildman–Crippen LogP) is 1.87. The number of nitrogens with two attached hydrogens (primary N) is 1. The van der Waals surface area contributed by atoms with E-state index in [1.807, 2.05) is 19.1 Å². The third-order valence-corrected chi connectivity index (χ3v) is 5.92. The second kappa shape index (κ2) is 5.28. The van der Waals surface area contributed by atoms with E-state index >= 15 is 0 Å². The van der Waals surface area contributed by atoms with Crippen LogP contribution in [0, 0.1) is 6.92 Å². The van der Waals surface area contributed by atoms with Crippen LogP contribution in [0.2, 0.25) is 0 Å². The van der Waals surface area contributed by atoms with E-state index in [1.165, 1.54) is 0 Å².